The van der Waals surface area contributed by atoms with Gasteiger partial charge in [-0.1, -0.05) is 0 Å². The lowest BCUT2D eigenvalue weighted by molar-refractivity contribution is -0.140. The van der Waals surface area contributed by atoms with Gasteiger partial charge in [-0.05, 0) is 36.4 Å². The fourth-order valence-electron chi connectivity index (χ4n) is 2.92. The number of carbonyl (C=O) groups is 4. The van der Waals surface area contributed by atoms with Crippen molar-refractivity contribution in [1.29, 1.82) is 0 Å². The van der Waals surface area contributed by atoms with E-state index in [2.05, 4.69) is 5.32 Å². The van der Waals surface area contributed by atoms with Crippen molar-refractivity contribution in [1.82, 2.24) is 4.90 Å². The quantitative estimate of drug-likeness (QED) is 0.598. The predicted molar refractivity (Wildman–Crippen MR) is 98.8 cm³/mol. The third-order valence-corrected chi connectivity index (χ3v) is 4.34. The van der Waals surface area contributed by atoms with Crippen LogP contribution >= 0.6 is 0 Å². The molecular formula is C19H15N3O7. The third kappa shape index (κ3) is 3.31. The van der Waals surface area contributed by atoms with Crippen LogP contribution in [0, 0.1) is 0 Å². The summed E-state index contributed by atoms with van der Waals surface area (Å²) in [7, 11) is 1.48. The highest BCUT2D eigenvalue weighted by molar-refractivity contribution is 6.53. The van der Waals surface area contributed by atoms with Crippen molar-refractivity contribution >= 4 is 35.1 Å². The number of nitrogens with one attached hydrogen (secondary N) is 1. The normalized spacial score (nSPS) is 15.1. The number of methoxy groups -OCH3 is 1. The molecule has 2 aromatic carbocycles. The molecule has 2 aromatic rings. The van der Waals surface area contributed by atoms with Gasteiger partial charge in [0.05, 0.1) is 12.8 Å². The number of anilines is 2. The number of imide groups is 2. The molecule has 0 atom stereocenters. The Morgan fingerprint density at radius 3 is 2.48 bits per heavy atom. The standard InChI is InChI=1S/C19H15N3O7/c1-27-13-5-3-12(4-6-13)22-18(25)17(24)21(19(22)26)9-16(23)20-11-2-7-14-15(8-11)29-10-28-14/h2-8H,9-10H2,1H3,(H,20,23). The van der Waals surface area contributed by atoms with Crippen LogP contribution in [0.3, 0.4) is 0 Å². The Hall–Kier alpha value is -4.08. The van der Waals surface area contributed by atoms with Crippen LogP contribution in [0.4, 0.5) is 16.2 Å². The molecular weight excluding hydrogens is 382 g/mol. The minimum absolute atomic E-state index is 0.0901. The number of rotatable bonds is 5. The highest BCUT2D eigenvalue weighted by atomic mass is 16.7. The maximum absolute atomic E-state index is 12.6. The molecule has 0 radical (unpaired) electrons. The van der Waals surface area contributed by atoms with Gasteiger partial charge in [-0.2, -0.15) is 0 Å². The van der Waals surface area contributed by atoms with Gasteiger partial charge in [-0.3, -0.25) is 14.4 Å². The van der Waals surface area contributed by atoms with Crippen LogP contribution < -0.4 is 24.4 Å². The molecule has 1 fully saturated rings. The molecule has 0 spiro atoms. The largest absolute Gasteiger partial charge is 0.497 e. The summed E-state index contributed by atoms with van der Waals surface area (Å²) in [5, 5.41) is 2.56. The summed E-state index contributed by atoms with van der Waals surface area (Å²) in [6.07, 6.45) is 0. The van der Waals surface area contributed by atoms with Crippen LogP contribution in [0.5, 0.6) is 17.2 Å². The minimum Gasteiger partial charge on any atom is -0.497 e. The second-order valence-electron chi connectivity index (χ2n) is 6.13. The Kier molecular flexibility index (Phi) is 4.51. The minimum atomic E-state index is -1.08. The smallest absolute Gasteiger partial charge is 0.339 e. The summed E-state index contributed by atoms with van der Waals surface area (Å²) in [6.45, 7) is -0.517. The van der Waals surface area contributed by atoms with E-state index in [1.165, 1.54) is 19.2 Å². The van der Waals surface area contributed by atoms with Gasteiger partial charge < -0.3 is 19.5 Å². The molecule has 29 heavy (non-hydrogen) atoms. The molecule has 2 aliphatic rings. The van der Waals surface area contributed by atoms with Crippen LogP contribution in [0.2, 0.25) is 0 Å². The summed E-state index contributed by atoms with van der Waals surface area (Å²) in [4.78, 5) is 50.7. The Morgan fingerprint density at radius 2 is 1.76 bits per heavy atom. The van der Waals surface area contributed by atoms with Crippen molar-refractivity contribution < 1.29 is 33.4 Å². The molecule has 0 aliphatic carbocycles. The monoisotopic (exact) mass is 397 g/mol. The second-order valence-corrected chi connectivity index (χ2v) is 6.13. The number of nitrogens with zero attached hydrogens (tertiary/aromatic N) is 2. The van der Waals surface area contributed by atoms with Crippen LogP contribution in [-0.4, -0.2) is 49.1 Å². The lowest BCUT2D eigenvalue weighted by Crippen LogP contribution is -2.39. The fourth-order valence-corrected chi connectivity index (χ4v) is 2.92. The molecule has 0 aromatic heterocycles. The van der Waals surface area contributed by atoms with Gasteiger partial charge in [0, 0.05) is 11.8 Å². The van der Waals surface area contributed by atoms with Gasteiger partial charge >= 0.3 is 17.8 Å². The Morgan fingerprint density at radius 1 is 1.03 bits per heavy atom. The van der Waals surface area contributed by atoms with Crippen molar-refractivity contribution in [3.8, 4) is 17.2 Å². The zero-order valence-corrected chi connectivity index (χ0v) is 15.2. The van der Waals surface area contributed by atoms with E-state index in [0.29, 0.717) is 27.8 Å². The van der Waals surface area contributed by atoms with Gasteiger partial charge in [-0.25, -0.2) is 14.6 Å². The number of carbonyl (C=O) groups excluding carboxylic acids is 4. The maximum atomic E-state index is 12.6. The van der Waals surface area contributed by atoms with Crippen LogP contribution in [0.1, 0.15) is 0 Å². The van der Waals surface area contributed by atoms with E-state index in [-0.39, 0.29) is 12.5 Å². The van der Waals surface area contributed by atoms with E-state index in [4.69, 9.17) is 14.2 Å². The molecule has 1 saturated heterocycles. The summed E-state index contributed by atoms with van der Waals surface area (Å²) in [5.41, 5.74) is 0.601. The Bertz CT molecular complexity index is 1020. The SMILES string of the molecule is COc1ccc(N2C(=O)C(=O)N(CC(=O)Nc3ccc4c(c3)OCO4)C2=O)cc1. The van der Waals surface area contributed by atoms with E-state index in [0.717, 1.165) is 4.90 Å². The topological polar surface area (TPSA) is 114 Å². The van der Waals surface area contributed by atoms with Crippen LogP contribution in [0.25, 0.3) is 0 Å². The van der Waals surface area contributed by atoms with Crippen molar-refractivity contribution in [3.05, 3.63) is 42.5 Å². The molecule has 10 heteroatoms. The number of benzene rings is 2. The van der Waals surface area contributed by atoms with E-state index in [1.54, 1.807) is 30.3 Å². The van der Waals surface area contributed by atoms with Gasteiger partial charge in [0.1, 0.15) is 12.3 Å². The Balaban J connectivity index is 1.46. The summed E-state index contributed by atoms with van der Waals surface area (Å²) in [5.74, 6) is -1.21. The molecule has 0 unspecified atom stereocenters. The van der Waals surface area contributed by atoms with Crippen molar-refractivity contribution in [2.75, 3.05) is 30.7 Å². The van der Waals surface area contributed by atoms with E-state index in [9.17, 15) is 19.2 Å². The zero-order valence-electron chi connectivity index (χ0n) is 15.2. The van der Waals surface area contributed by atoms with E-state index >= 15 is 0 Å². The number of urea groups is 1. The van der Waals surface area contributed by atoms with Gasteiger partial charge in [0.25, 0.3) is 0 Å². The summed E-state index contributed by atoms with van der Waals surface area (Å²) < 4.78 is 15.4. The average molecular weight is 397 g/mol. The summed E-state index contributed by atoms with van der Waals surface area (Å²) in [6, 6.07) is 9.92. The molecule has 10 nitrogen and oxygen atoms in total. The summed E-state index contributed by atoms with van der Waals surface area (Å²) >= 11 is 0. The molecule has 4 rings (SSSR count). The first-order chi connectivity index (χ1) is 14.0. The predicted octanol–water partition coefficient (Wildman–Crippen LogP) is 1.36. The molecule has 2 aliphatic heterocycles. The molecule has 1 N–H and O–H groups in total. The average Bonchev–Trinajstić information content (AvgIpc) is 3.26. The fraction of sp³-hybridized carbons (Fsp3) is 0.158. The van der Waals surface area contributed by atoms with Crippen LogP contribution in [0.15, 0.2) is 42.5 Å². The highest BCUT2D eigenvalue weighted by Crippen LogP contribution is 2.34. The highest BCUT2D eigenvalue weighted by Gasteiger charge is 2.46. The first kappa shape index (κ1) is 18.3. The lowest BCUT2D eigenvalue weighted by Gasteiger charge is -2.15. The van der Waals surface area contributed by atoms with Gasteiger partial charge in [-0.15, -0.1) is 0 Å². The van der Waals surface area contributed by atoms with Crippen LogP contribution in [-0.2, 0) is 14.4 Å². The lowest BCUT2D eigenvalue weighted by atomic mass is 10.2. The number of hydrogen-bond acceptors (Lipinski definition) is 7. The molecule has 0 saturated carbocycles. The Labute approximate surface area is 164 Å². The second kappa shape index (κ2) is 7.15. The number of ether oxygens (including phenoxy) is 3. The first-order valence-corrected chi connectivity index (χ1v) is 8.51. The molecule has 0 bridgehead atoms. The van der Waals surface area contributed by atoms with Gasteiger partial charge in [0.2, 0.25) is 12.7 Å². The molecule has 2 heterocycles. The van der Waals surface area contributed by atoms with E-state index < -0.39 is 30.3 Å². The van der Waals surface area contributed by atoms with Gasteiger partial charge in [0.15, 0.2) is 11.5 Å². The molecule has 5 amide bonds. The number of hydrogen-bond donors (Lipinski definition) is 1. The van der Waals surface area contributed by atoms with Crippen molar-refractivity contribution in [2.45, 2.75) is 0 Å². The number of fused-ring (bicyclic) bond motifs is 1. The zero-order chi connectivity index (χ0) is 20.5. The maximum Gasteiger partial charge on any atom is 0.339 e. The van der Waals surface area contributed by atoms with Crippen molar-refractivity contribution in [2.24, 2.45) is 0 Å². The van der Waals surface area contributed by atoms with E-state index in [1.807, 2.05) is 0 Å². The third-order valence-electron chi connectivity index (χ3n) is 4.34. The number of amides is 5. The van der Waals surface area contributed by atoms with Crippen molar-refractivity contribution in [3.63, 3.8) is 0 Å². The molecule has 148 valence electrons. The first-order valence-electron chi connectivity index (χ1n) is 8.51.